The van der Waals surface area contributed by atoms with Gasteiger partial charge in [-0.25, -0.2) is 0 Å². The molecule has 8 fully saturated rings. The molecule has 44 atom stereocenters. The first kappa shape index (κ1) is 87.8. The van der Waals surface area contributed by atoms with E-state index in [0.717, 1.165) is 13.8 Å². The van der Waals surface area contributed by atoms with Crippen LogP contribution in [0.3, 0.4) is 0 Å². The van der Waals surface area contributed by atoms with Gasteiger partial charge in [-0.2, -0.15) is 0 Å². The highest BCUT2D eigenvalue weighted by atomic mass is 16.8. The summed E-state index contributed by atoms with van der Waals surface area (Å²) in [5, 5.41) is 298. The Bertz CT molecular complexity index is 2640. The van der Waals surface area contributed by atoms with Crippen molar-refractivity contribution < 1.29 is 223 Å². The molecule has 8 aliphatic rings. The number of carbonyl (C=O) groups excluding carboxylic acids is 2. The van der Waals surface area contributed by atoms with E-state index in [1.807, 2.05) is 0 Å². The molecule has 0 bridgehead atoms. The van der Waals surface area contributed by atoms with Gasteiger partial charge < -0.3 is 224 Å². The number of nitrogens with one attached hydrogen (secondary N) is 2. The fraction of sp³-hybridized carbons (Fsp3) is 0.966. The molecule has 8 rings (SSSR count). The molecule has 105 heavy (non-hydrogen) atoms. The minimum atomic E-state index is -2.42. The summed E-state index contributed by atoms with van der Waals surface area (Å²) >= 11 is 0. The second kappa shape index (κ2) is 38.6. The van der Waals surface area contributed by atoms with Crippen molar-refractivity contribution in [1.82, 2.24) is 10.6 Å². The molecule has 0 aromatic heterocycles. The monoisotopic (exact) mass is 1540 g/mol. The van der Waals surface area contributed by atoms with Crippen LogP contribution >= 0.6 is 0 Å². The van der Waals surface area contributed by atoms with Crippen LogP contribution in [0.5, 0.6) is 0 Å². The fourth-order valence-corrected chi connectivity index (χ4v) is 13.2. The summed E-state index contributed by atoms with van der Waals surface area (Å²) in [5.41, 5.74) is 0. The van der Waals surface area contributed by atoms with E-state index in [1.54, 1.807) is 0 Å². The van der Waals surface area contributed by atoms with Gasteiger partial charge in [0.15, 0.2) is 50.3 Å². The molecule has 0 aliphatic carbocycles. The van der Waals surface area contributed by atoms with E-state index in [-0.39, 0.29) is 0 Å². The fourth-order valence-electron chi connectivity index (χ4n) is 13.2. The Morgan fingerprint density at radius 2 is 0.676 bits per heavy atom. The second-order valence-corrected chi connectivity index (χ2v) is 26.4. The van der Waals surface area contributed by atoms with Crippen molar-refractivity contribution in [3.8, 4) is 0 Å². The largest absolute Gasteiger partial charge is 0.394 e. The highest BCUT2D eigenvalue weighted by molar-refractivity contribution is 5.73. The average molecular weight is 1550 g/mol. The summed E-state index contributed by atoms with van der Waals surface area (Å²) in [5.74, 6) is -1.81. The maximum Gasteiger partial charge on any atom is 0.217 e. The van der Waals surface area contributed by atoms with Crippen molar-refractivity contribution in [3.63, 3.8) is 0 Å². The third kappa shape index (κ3) is 19.5. The van der Waals surface area contributed by atoms with Crippen molar-refractivity contribution >= 4 is 11.8 Å². The van der Waals surface area contributed by atoms with Gasteiger partial charge in [0.05, 0.1) is 71.6 Å². The Labute approximate surface area is 594 Å². The van der Waals surface area contributed by atoms with Crippen LogP contribution in [0.2, 0.25) is 0 Å². The van der Waals surface area contributed by atoms with E-state index in [1.165, 1.54) is 6.92 Å². The van der Waals surface area contributed by atoms with Crippen LogP contribution < -0.4 is 10.6 Å². The van der Waals surface area contributed by atoms with Crippen LogP contribution in [-0.2, 0) is 85.4 Å². The number of hydrogen-bond acceptors (Lipinski definition) is 45. The van der Waals surface area contributed by atoms with Gasteiger partial charge in [0.1, 0.15) is 207 Å². The van der Waals surface area contributed by atoms with Gasteiger partial charge in [-0.05, 0) is 6.92 Å². The molecular weight excluding hydrogens is 1440 g/mol. The molecule has 0 aromatic rings. The Morgan fingerprint density at radius 3 is 1.12 bits per heavy atom. The van der Waals surface area contributed by atoms with Crippen molar-refractivity contribution in [2.75, 3.05) is 59.5 Å². The number of ether oxygens (including phenoxy) is 16. The predicted molar refractivity (Wildman–Crippen MR) is 321 cm³/mol. The Balaban J connectivity index is 0.922. The van der Waals surface area contributed by atoms with E-state index >= 15 is 0 Å². The maximum absolute atomic E-state index is 12.7. The average Bonchev–Trinajstić information content (AvgIpc) is 0.778. The van der Waals surface area contributed by atoms with Gasteiger partial charge >= 0.3 is 0 Å². The topological polar surface area (TPSA) is 752 Å². The Morgan fingerprint density at radius 1 is 0.343 bits per heavy atom. The quantitative estimate of drug-likeness (QED) is 0.0318. The zero-order valence-electron chi connectivity index (χ0n) is 56.2. The number of aliphatic hydroxyl groups is 27. The van der Waals surface area contributed by atoms with Crippen LogP contribution in [0.15, 0.2) is 0 Å². The zero-order chi connectivity index (χ0) is 77.6. The lowest BCUT2D eigenvalue weighted by atomic mass is 9.95. The standard InChI is InChI=1S/C58H100N2O45/c1-13-26(72)33(79)38(84)52(91-13)105-50-35(81)29(75)19(6-63)95-58(50)104-49-31(77)21(8-65)94-57(43(49)89)102-46-23(10-67)97-54(40(86)36(46)82)99-44(16(4-61)59-14(2)69)27(73)17(71)12-90-51-25(60-15(3)70)32(78)45(22(9-66)96-51)100-55-41(87)37(83)47(24(11-68)98-55)101-56-42(88)48(30(76)20(7-64)93-56)103-53-39(85)34(80)28(74)18(5-62)92-53/h13,16-58,61-68,71-89H,4-12H2,1-3H3,(H,59,69)(H,60,70)/t13-,16+,17-,18-,19-,20-,21-,22-,23-,24-,25-,26+,27+,28+,29+,30+,31+,32-,33+,34+,35+,36-,37-,38-,39-,40-,41-,42-,43-,44-,45-,46+,47+,48+,49+,50-,51-,52-,53-,54+,55+,56-,57-,58-/m1/s1. The lowest BCUT2D eigenvalue weighted by molar-refractivity contribution is -0.396. The lowest BCUT2D eigenvalue weighted by Crippen LogP contribution is -2.69. The van der Waals surface area contributed by atoms with Crippen LogP contribution in [-0.4, -0.2) is 479 Å². The first-order valence-electron chi connectivity index (χ1n) is 33.4. The molecule has 8 heterocycles. The van der Waals surface area contributed by atoms with Gasteiger partial charge in [-0.15, -0.1) is 0 Å². The molecule has 8 aliphatic heterocycles. The van der Waals surface area contributed by atoms with E-state index < -0.39 is 341 Å². The van der Waals surface area contributed by atoms with Crippen molar-refractivity contribution in [2.45, 2.75) is 291 Å². The second-order valence-electron chi connectivity index (χ2n) is 26.4. The lowest BCUT2D eigenvalue weighted by Gasteiger charge is -2.49. The van der Waals surface area contributed by atoms with Gasteiger partial charge in [-0.3, -0.25) is 9.59 Å². The molecule has 612 valence electrons. The smallest absolute Gasteiger partial charge is 0.217 e. The molecule has 2 amide bonds. The molecule has 47 nitrogen and oxygen atoms in total. The minimum Gasteiger partial charge on any atom is -0.394 e. The number of amides is 2. The highest BCUT2D eigenvalue weighted by Crippen LogP contribution is 2.39. The van der Waals surface area contributed by atoms with Gasteiger partial charge in [0, 0.05) is 13.8 Å². The number of carbonyl (C=O) groups is 2. The molecule has 29 N–H and O–H groups in total. The third-order valence-corrected chi connectivity index (χ3v) is 19.2. The number of rotatable bonds is 30. The number of hydrogen-bond donors (Lipinski definition) is 29. The van der Waals surface area contributed by atoms with Gasteiger partial charge in [0.25, 0.3) is 0 Å². The number of aliphatic hydroxyl groups excluding tert-OH is 27. The van der Waals surface area contributed by atoms with Crippen molar-refractivity contribution in [1.29, 1.82) is 0 Å². The normalized spacial score (nSPS) is 48.4. The van der Waals surface area contributed by atoms with Crippen LogP contribution in [0.25, 0.3) is 0 Å². The van der Waals surface area contributed by atoms with Crippen LogP contribution in [0.4, 0.5) is 0 Å². The highest BCUT2D eigenvalue weighted by Gasteiger charge is 2.60. The summed E-state index contributed by atoms with van der Waals surface area (Å²) in [4.78, 5) is 25.2. The molecule has 0 unspecified atom stereocenters. The Kier molecular flexibility index (Phi) is 32.3. The third-order valence-electron chi connectivity index (χ3n) is 19.2. The zero-order valence-corrected chi connectivity index (χ0v) is 56.2. The van der Waals surface area contributed by atoms with E-state index in [4.69, 9.17) is 75.8 Å². The SMILES string of the molecule is CC(=O)N[C@H]1[C@H](OC[C@@H](O)[C@H](O)[C@H](O[C@@H]2O[C@H](CO)[C@H](O[C@H]3O[C@H](CO)[C@H](O)[C@H](O[C@H]4O[C@H](CO)[C@H](O)[C@H](O)[C@H]4O[C@H]4O[C@H](C)[C@H](O)[C@H](O)[C@H]4O)[C@H]3O)[C@H](O)[C@H]2O)[C@H](CO)NC(C)=O)O[C@H](CO)[C@@H](O[C@@H]2O[C@H](CO)[C@H](O[C@H]3O[C@H](CO)[C@H](O)[C@H](O[C@H]4O[C@H](CO)[C@H](O)[C@H](O)[C@H]4O)[C@H]3O)[C@H](O)[C@H]2O)[C@@H]1O. The van der Waals surface area contributed by atoms with E-state index in [9.17, 15) is 147 Å². The van der Waals surface area contributed by atoms with Gasteiger partial charge in [-0.1, -0.05) is 0 Å². The van der Waals surface area contributed by atoms with Crippen molar-refractivity contribution in [3.05, 3.63) is 0 Å². The summed E-state index contributed by atoms with van der Waals surface area (Å²) in [6.07, 6.45) is -84.1. The summed E-state index contributed by atoms with van der Waals surface area (Å²) < 4.78 is 91.0. The maximum atomic E-state index is 12.7. The molecule has 0 spiro atoms. The first-order chi connectivity index (χ1) is 49.6. The van der Waals surface area contributed by atoms with Crippen LogP contribution in [0, 0.1) is 0 Å². The summed E-state index contributed by atoms with van der Waals surface area (Å²) in [6, 6.07) is -3.61. The molecule has 0 aromatic carbocycles. The van der Waals surface area contributed by atoms with Gasteiger partial charge in [0.2, 0.25) is 11.8 Å². The first-order valence-corrected chi connectivity index (χ1v) is 33.4. The molecular formula is C58H100N2O45. The summed E-state index contributed by atoms with van der Waals surface area (Å²) in [7, 11) is 0. The molecule has 0 saturated carbocycles. The Hall–Kier alpha value is -2.78. The van der Waals surface area contributed by atoms with E-state index in [0.29, 0.717) is 0 Å². The molecule has 0 radical (unpaired) electrons. The molecule has 8 saturated heterocycles. The van der Waals surface area contributed by atoms with E-state index in [2.05, 4.69) is 10.6 Å². The molecule has 47 heteroatoms. The summed E-state index contributed by atoms with van der Waals surface area (Å²) in [6.45, 7) is -6.47. The van der Waals surface area contributed by atoms with Crippen LogP contribution in [0.1, 0.15) is 20.8 Å². The van der Waals surface area contributed by atoms with Crippen molar-refractivity contribution in [2.24, 2.45) is 0 Å². The minimum absolute atomic E-state index is 0.899. The predicted octanol–water partition coefficient (Wildman–Crippen LogP) is -19.7.